The van der Waals surface area contributed by atoms with E-state index in [1.807, 2.05) is 5.32 Å². The number of likely N-dealkylation sites (N-methyl/N-ethyl adjacent to an activating group) is 2. The van der Waals surface area contributed by atoms with Crippen LogP contribution in [0.3, 0.4) is 0 Å². The Hall–Kier alpha value is -3.54. The second-order valence-corrected chi connectivity index (χ2v) is 10.0. The van der Waals surface area contributed by atoms with Crippen molar-refractivity contribution in [2.45, 2.75) is 24.5 Å². The molecule has 0 aromatic heterocycles. The van der Waals surface area contributed by atoms with Gasteiger partial charge in [0, 0.05) is 11.5 Å². The number of benzene rings is 1. The quantitative estimate of drug-likeness (QED) is 0.346. The van der Waals surface area contributed by atoms with Gasteiger partial charge in [-0.15, -0.1) is 0 Å². The lowest BCUT2D eigenvalue weighted by atomic mass is 9.57. The maximum absolute atomic E-state index is 13.8. The number of nitrogens with one attached hydrogen (secondary N) is 1. The largest absolute Gasteiger partial charge is 0.508 e. The van der Waals surface area contributed by atoms with Crippen LogP contribution in [0, 0.1) is 11.8 Å². The molecule has 0 bridgehead atoms. The Balaban J connectivity index is 1.87. The molecular weight excluding hydrogens is 470 g/mol. The molecule has 0 spiro atoms. The molecule has 3 aliphatic rings. The highest BCUT2D eigenvalue weighted by molar-refractivity contribution is 6.27. The van der Waals surface area contributed by atoms with E-state index in [1.165, 1.54) is 15.9 Å². The number of ketones is 2. The third-order valence-corrected chi connectivity index (χ3v) is 7.15. The van der Waals surface area contributed by atoms with Crippen molar-refractivity contribution in [3.8, 4) is 5.75 Å². The molecule has 11 nitrogen and oxygen atoms in total. The van der Waals surface area contributed by atoms with E-state index in [1.54, 1.807) is 40.3 Å². The van der Waals surface area contributed by atoms with Crippen molar-refractivity contribution in [3.63, 3.8) is 0 Å². The van der Waals surface area contributed by atoms with Gasteiger partial charge >= 0.3 is 0 Å². The zero-order valence-corrected chi connectivity index (χ0v) is 20.4. The van der Waals surface area contributed by atoms with Crippen molar-refractivity contribution in [2.75, 3.05) is 34.7 Å². The van der Waals surface area contributed by atoms with Gasteiger partial charge in [-0.3, -0.25) is 29.4 Å². The lowest BCUT2D eigenvalue weighted by molar-refractivity contribution is -0.153. The van der Waals surface area contributed by atoms with Crippen LogP contribution < -0.4 is 5.32 Å². The van der Waals surface area contributed by atoms with Crippen molar-refractivity contribution in [2.24, 2.45) is 11.8 Å². The number of amides is 2. The molecule has 0 radical (unpaired) electrons. The maximum atomic E-state index is 13.8. The van der Waals surface area contributed by atoms with Crippen LogP contribution in [0.25, 0.3) is 5.76 Å². The molecule has 192 valence electrons. The fourth-order valence-electron chi connectivity index (χ4n) is 5.68. The molecule has 0 saturated heterocycles. The van der Waals surface area contributed by atoms with Gasteiger partial charge in [-0.25, -0.2) is 0 Å². The number of aromatic hydroxyl groups is 1. The fourth-order valence-corrected chi connectivity index (χ4v) is 5.68. The predicted octanol–water partition coefficient (Wildman–Crippen LogP) is -0.317. The van der Waals surface area contributed by atoms with Crippen LogP contribution in [0.5, 0.6) is 5.75 Å². The lowest BCUT2D eigenvalue weighted by Crippen LogP contribution is -2.66. The van der Waals surface area contributed by atoms with Crippen LogP contribution in [-0.4, -0.2) is 100.0 Å². The van der Waals surface area contributed by atoms with Gasteiger partial charge in [-0.1, -0.05) is 12.1 Å². The predicted molar refractivity (Wildman–Crippen MR) is 127 cm³/mol. The summed E-state index contributed by atoms with van der Waals surface area (Å²) in [6.45, 7) is -0.178. The summed E-state index contributed by atoms with van der Waals surface area (Å²) in [5.41, 5.74) is -3.12. The Bertz CT molecular complexity index is 1250. The number of Topliss-reactive ketones (excluding diaryl/α,β-unsaturated/α-hetero) is 2. The van der Waals surface area contributed by atoms with Gasteiger partial charge in [0.2, 0.25) is 11.7 Å². The van der Waals surface area contributed by atoms with Crippen molar-refractivity contribution in [1.82, 2.24) is 15.1 Å². The van der Waals surface area contributed by atoms with Gasteiger partial charge in [-0.2, -0.15) is 0 Å². The molecule has 4 rings (SSSR count). The van der Waals surface area contributed by atoms with E-state index in [0.29, 0.717) is 5.56 Å². The standard InChI is InChI=1S/C25H29N3O8/c1-27(2)10-15(30)26-24(35)18-21(32)19(28(3)4)13-9-12-8-11-6-5-7-14(29)16(11)20(31)17(12)22(33)25(13,36)23(18)34/h5-7,12-13,19,29,31,34,36H,8-10H2,1-4H3,(H,26,30,35)/t12-,13-,19-,25-/m0/s1. The van der Waals surface area contributed by atoms with Gasteiger partial charge in [0.1, 0.15) is 22.8 Å². The SMILES string of the molecule is CN(C)CC(=O)NC(=O)C1=C(O)[C@@]2(O)C(=O)C3=C(O)c4c(O)cccc4C[C@H]3C[C@H]2[C@H](N(C)C)C1=O. The Kier molecular flexibility index (Phi) is 6.27. The van der Waals surface area contributed by atoms with Gasteiger partial charge < -0.3 is 25.3 Å². The molecule has 36 heavy (non-hydrogen) atoms. The number of aliphatic hydroxyl groups is 3. The number of hydrogen-bond donors (Lipinski definition) is 5. The number of fused-ring (bicyclic) bond motifs is 3. The van der Waals surface area contributed by atoms with E-state index in [9.17, 15) is 39.6 Å². The number of aliphatic hydroxyl groups excluding tert-OH is 2. The molecule has 0 aliphatic heterocycles. The van der Waals surface area contributed by atoms with Gasteiger partial charge in [-0.05, 0) is 58.6 Å². The molecule has 1 aromatic rings. The molecule has 1 aromatic carbocycles. The van der Waals surface area contributed by atoms with Crippen LogP contribution >= 0.6 is 0 Å². The highest BCUT2D eigenvalue weighted by atomic mass is 16.3. The van der Waals surface area contributed by atoms with E-state index in [4.69, 9.17) is 0 Å². The minimum Gasteiger partial charge on any atom is -0.508 e. The summed E-state index contributed by atoms with van der Waals surface area (Å²) < 4.78 is 0. The second kappa shape index (κ2) is 8.84. The summed E-state index contributed by atoms with van der Waals surface area (Å²) in [5.74, 6) is -7.53. The van der Waals surface area contributed by atoms with Crippen molar-refractivity contribution >= 4 is 29.1 Å². The second-order valence-electron chi connectivity index (χ2n) is 10.0. The van der Waals surface area contributed by atoms with E-state index in [0.717, 1.165) is 0 Å². The van der Waals surface area contributed by atoms with Crippen LogP contribution in [-0.2, 0) is 25.6 Å². The summed E-state index contributed by atoms with van der Waals surface area (Å²) in [6.07, 6.45) is 0.288. The Labute approximate surface area is 207 Å². The van der Waals surface area contributed by atoms with E-state index in [-0.39, 0.29) is 36.3 Å². The molecular formula is C25H29N3O8. The fraction of sp³-hybridized carbons (Fsp3) is 0.440. The lowest BCUT2D eigenvalue weighted by Gasteiger charge is -2.50. The van der Waals surface area contributed by atoms with Crippen molar-refractivity contribution in [1.29, 1.82) is 0 Å². The van der Waals surface area contributed by atoms with E-state index in [2.05, 4.69) is 0 Å². The normalized spacial score (nSPS) is 27.7. The first-order valence-electron chi connectivity index (χ1n) is 11.4. The number of carbonyl (C=O) groups excluding carboxylic acids is 4. The molecule has 1 fully saturated rings. The molecule has 4 atom stereocenters. The molecule has 2 amide bonds. The van der Waals surface area contributed by atoms with E-state index >= 15 is 0 Å². The summed E-state index contributed by atoms with van der Waals surface area (Å²) in [6, 6.07) is 3.49. The van der Waals surface area contributed by atoms with Crippen LogP contribution in [0.4, 0.5) is 0 Å². The molecule has 3 aliphatic carbocycles. The van der Waals surface area contributed by atoms with Crippen LogP contribution in [0.2, 0.25) is 0 Å². The number of phenolic OH excluding ortho intramolecular Hbond substituents is 1. The number of imide groups is 1. The average Bonchev–Trinajstić information content (AvgIpc) is 2.75. The summed E-state index contributed by atoms with van der Waals surface area (Å²) in [4.78, 5) is 55.2. The number of carbonyl (C=O) groups is 4. The highest BCUT2D eigenvalue weighted by Gasteiger charge is 2.64. The van der Waals surface area contributed by atoms with Crippen molar-refractivity contribution < 1.29 is 39.6 Å². The number of nitrogens with zero attached hydrogens (tertiary/aromatic N) is 2. The molecule has 1 saturated carbocycles. The number of phenols is 1. The average molecular weight is 500 g/mol. The molecule has 0 unspecified atom stereocenters. The number of hydrogen-bond acceptors (Lipinski definition) is 10. The topological polar surface area (TPSA) is 168 Å². The summed E-state index contributed by atoms with van der Waals surface area (Å²) in [7, 11) is 6.28. The Morgan fingerprint density at radius 2 is 1.78 bits per heavy atom. The van der Waals surface area contributed by atoms with Crippen LogP contribution in [0.1, 0.15) is 17.5 Å². The third-order valence-electron chi connectivity index (χ3n) is 7.15. The zero-order chi connectivity index (χ0) is 26.7. The third kappa shape index (κ3) is 3.71. The first-order valence-corrected chi connectivity index (χ1v) is 11.4. The first-order chi connectivity index (χ1) is 16.8. The molecule has 0 heterocycles. The molecule has 11 heteroatoms. The summed E-state index contributed by atoms with van der Waals surface area (Å²) in [5, 5.41) is 46.1. The maximum Gasteiger partial charge on any atom is 0.265 e. The van der Waals surface area contributed by atoms with Gasteiger partial charge in [0.25, 0.3) is 5.91 Å². The minimum absolute atomic E-state index is 0.0316. The van der Waals surface area contributed by atoms with Gasteiger partial charge in [0.15, 0.2) is 11.4 Å². The minimum atomic E-state index is -2.71. The molecule has 5 N–H and O–H groups in total. The smallest absolute Gasteiger partial charge is 0.265 e. The number of rotatable bonds is 4. The zero-order valence-electron chi connectivity index (χ0n) is 20.4. The first kappa shape index (κ1) is 25.5. The van der Waals surface area contributed by atoms with Crippen molar-refractivity contribution in [3.05, 3.63) is 46.2 Å². The monoisotopic (exact) mass is 499 g/mol. The highest BCUT2D eigenvalue weighted by Crippen LogP contribution is 2.52. The summed E-state index contributed by atoms with van der Waals surface area (Å²) >= 11 is 0. The Morgan fingerprint density at radius 3 is 2.39 bits per heavy atom. The Morgan fingerprint density at radius 1 is 1.11 bits per heavy atom. The van der Waals surface area contributed by atoms with Gasteiger partial charge in [0.05, 0.1) is 18.2 Å². The van der Waals surface area contributed by atoms with E-state index < -0.39 is 64.0 Å². The van der Waals surface area contributed by atoms with Crippen LogP contribution in [0.15, 0.2) is 35.1 Å².